The number of anilines is 1. The van der Waals surface area contributed by atoms with Crippen LogP contribution in [-0.4, -0.2) is 18.5 Å². The minimum atomic E-state index is -0.517. The molecule has 17 heavy (non-hydrogen) atoms. The Kier molecular flexibility index (Phi) is 4.51. The Morgan fingerprint density at radius 1 is 1.35 bits per heavy atom. The van der Waals surface area contributed by atoms with E-state index in [1.54, 1.807) is 18.2 Å². The molecule has 0 saturated carbocycles. The second-order valence-corrected chi connectivity index (χ2v) is 4.17. The summed E-state index contributed by atoms with van der Waals surface area (Å²) in [7, 11) is 0. The standard InChI is InChI=1S/C12H17N3O2/c1-8(2)7-14-12(17)15-10-5-3-4-9(6-10)11(13)16/h3-6,8H,7H2,1-2H3,(H2,13,16)(H2,14,15,17). The van der Waals surface area contributed by atoms with Crippen LogP contribution < -0.4 is 16.4 Å². The van der Waals surface area contributed by atoms with Crippen molar-refractivity contribution in [3.8, 4) is 0 Å². The summed E-state index contributed by atoms with van der Waals surface area (Å²) in [5, 5.41) is 5.35. The largest absolute Gasteiger partial charge is 0.366 e. The van der Waals surface area contributed by atoms with Crippen molar-refractivity contribution in [2.24, 2.45) is 11.7 Å². The maximum Gasteiger partial charge on any atom is 0.319 e. The lowest BCUT2D eigenvalue weighted by Gasteiger charge is -2.09. The molecule has 0 unspecified atom stereocenters. The number of benzene rings is 1. The van der Waals surface area contributed by atoms with Gasteiger partial charge in [-0.2, -0.15) is 0 Å². The summed E-state index contributed by atoms with van der Waals surface area (Å²) in [6.45, 7) is 4.61. The lowest BCUT2D eigenvalue weighted by molar-refractivity contribution is 0.100. The minimum Gasteiger partial charge on any atom is -0.366 e. The highest BCUT2D eigenvalue weighted by Crippen LogP contribution is 2.09. The van der Waals surface area contributed by atoms with Crippen LogP contribution in [0.1, 0.15) is 24.2 Å². The first-order chi connectivity index (χ1) is 7.99. The molecule has 0 aliphatic rings. The molecule has 0 aliphatic heterocycles. The van der Waals surface area contributed by atoms with Gasteiger partial charge in [-0.1, -0.05) is 19.9 Å². The van der Waals surface area contributed by atoms with Crippen molar-refractivity contribution in [2.45, 2.75) is 13.8 Å². The van der Waals surface area contributed by atoms with Crippen LogP contribution in [0.4, 0.5) is 10.5 Å². The molecular formula is C12H17N3O2. The van der Waals surface area contributed by atoms with Gasteiger partial charge in [-0.05, 0) is 24.1 Å². The van der Waals surface area contributed by atoms with E-state index in [9.17, 15) is 9.59 Å². The topological polar surface area (TPSA) is 84.2 Å². The summed E-state index contributed by atoms with van der Waals surface area (Å²) in [5.74, 6) is -0.131. The van der Waals surface area contributed by atoms with Gasteiger partial charge in [0.15, 0.2) is 0 Å². The van der Waals surface area contributed by atoms with E-state index in [4.69, 9.17) is 5.73 Å². The Labute approximate surface area is 100 Å². The Balaban J connectivity index is 2.59. The van der Waals surface area contributed by atoms with Crippen LogP contribution in [0.15, 0.2) is 24.3 Å². The molecule has 0 saturated heterocycles. The van der Waals surface area contributed by atoms with Crippen molar-refractivity contribution in [3.63, 3.8) is 0 Å². The highest BCUT2D eigenvalue weighted by Gasteiger charge is 2.05. The summed E-state index contributed by atoms with van der Waals surface area (Å²) in [4.78, 5) is 22.4. The number of carbonyl (C=O) groups excluding carboxylic acids is 2. The molecule has 0 fully saturated rings. The Morgan fingerprint density at radius 3 is 2.65 bits per heavy atom. The van der Waals surface area contributed by atoms with Gasteiger partial charge in [-0.3, -0.25) is 4.79 Å². The molecule has 0 heterocycles. The third-order valence-corrected chi connectivity index (χ3v) is 2.08. The van der Waals surface area contributed by atoms with Gasteiger partial charge < -0.3 is 16.4 Å². The average Bonchev–Trinajstić information content (AvgIpc) is 2.26. The molecular weight excluding hydrogens is 218 g/mol. The molecule has 4 N–H and O–H groups in total. The monoisotopic (exact) mass is 235 g/mol. The average molecular weight is 235 g/mol. The fourth-order valence-electron chi connectivity index (χ4n) is 1.22. The summed E-state index contributed by atoms with van der Waals surface area (Å²) in [6.07, 6.45) is 0. The summed E-state index contributed by atoms with van der Waals surface area (Å²) in [5.41, 5.74) is 6.06. The number of hydrogen-bond donors (Lipinski definition) is 3. The summed E-state index contributed by atoms with van der Waals surface area (Å²) in [6, 6.07) is 6.21. The van der Waals surface area contributed by atoms with Crippen LogP contribution in [0.5, 0.6) is 0 Å². The molecule has 0 bridgehead atoms. The highest BCUT2D eigenvalue weighted by atomic mass is 16.2. The number of nitrogens with two attached hydrogens (primary N) is 1. The molecule has 0 aromatic heterocycles. The fourth-order valence-corrected chi connectivity index (χ4v) is 1.22. The molecule has 0 aliphatic carbocycles. The van der Waals surface area contributed by atoms with Crippen molar-refractivity contribution >= 4 is 17.6 Å². The van der Waals surface area contributed by atoms with Crippen LogP contribution in [0.3, 0.4) is 0 Å². The minimum absolute atomic E-state index is 0.291. The van der Waals surface area contributed by atoms with Crippen molar-refractivity contribution in [1.29, 1.82) is 0 Å². The molecule has 0 radical (unpaired) electrons. The zero-order valence-corrected chi connectivity index (χ0v) is 9.99. The van der Waals surface area contributed by atoms with Crippen LogP contribution in [0.2, 0.25) is 0 Å². The maximum absolute atomic E-state index is 11.5. The molecule has 1 aromatic rings. The Morgan fingerprint density at radius 2 is 2.06 bits per heavy atom. The van der Waals surface area contributed by atoms with Crippen molar-refractivity contribution in [1.82, 2.24) is 5.32 Å². The first kappa shape index (κ1) is 13.0. The van der Waals surface area contributed by atoms with Crippen LogP contribution in [0.25, 0.3) is 0 Å². The van der Waals surface area contributed by atoms with Gasteiger partial charge in [0.2, 0.25) is 5.91 Å². The van der Waals surface area contributed by atoms with Gasteiger partial charge in [0, 0.05) is 17.8 Å². The van der Waals surface area contributed by atoms with Gasteiger partial charge >= 0.3 is 6.03 Å². The van der Waals surface area contributed by atoms with E-state index in [1.807, 2.05) is 13.8 Å². The van der Waals surface area contributed by atoms with Crippen LogP contribution >= 0.6 is 0 Å². The molecule has 1 rings (SSSR count). The number of carbonyl (C=O) groups is 2. The second kappa shape index (κ2) is 5.89. The highest BCUT2D eigenvalue weighted by molar-refractivity contribution is 5.95. The third kappa shape index (κ3) is 4.55. The van der Waals surface area contributed by atoms with Gasteiger partial charge in [0.05, 0.1) is 0 Å². The van der Waals surface area contributed by atoms with E-state index in [1.165, 1.54) is 6.07 Å². The molecule has 3 amide bonds. The van der Waals surface area contributed by atoms with Gasteiger partial charge in [0.25, 0.3) is 0 Å². The second-order valence-electron chi connectivity index (χ2n) is 4.17. The van der Waals surface area contributed by atoms with Crippen molar-refractivity contribution in [3.05, 3.63) is 29.8 Å². The first-order valence-electron chi connectivity index (χ1n) is 5.43. The number of nitrogens with one attached hydrogen (secondary N) is 2. The smallest absolute Gasteiger partial charge is 0.319 e. The van der Waals surface area contributed by atoms with Crippen LogP contribution in [0, 0.1) is 5.92 Å². The van der Waals surface area contributed by atoms with E-state index in [2.05, 4.69) is 10.6 Å². The SMILES string of the molecule is CC(C)CNC(=O)Nc1cccc(C(N)=O)c1. The zero-order chi connectivity index (χ0) is 12.8. The Hall–Kier alpha value is -2.04. The number of primary amides is 1. The number of amides is 3. The van der Waals surface area contributed by atoms with E-state index < -0.39 is 5.91 Å². The number of hydrogen-bond acceptors (Lipinski definition) is 2. The van der Waals surface area contributed by atoms with Gasteiger partial charge in [-0.25, -0.2) is 4.79 Å². The predicted octanol–water partition coefficient (Wildman–Crippen LogP) is 1.56. The molecule has 5 heteroatoms. The summed E-state index contributed by atoms with van der Waals surface area (Å²) < 4.78 is 0. The van der Waals surface area contributed by atoms with E-state index >= 15 is 0 Å². The lowest BCUT2D eigenvalue weighted by Crippen LogP contribution is -2.31. The van der Waals surface area contributed by atoms with E-state index in [-0.39, 0.29) is 6.03 Å². The number of rotatable bonds is 4. The lowest BCUT2D eigenvalue weighted by atomic mass is 10.2. The Bertz CT molecular complexity index is 416. The molecule has 92 valence electrons. The van der Waals surface area contributed by atoms with Gasteiger partial charge in [-0.15, -0.1) is 0 Å². The van der Waals surface area contributed by atoms with Crippen molar-refractivity contribution in [2.75, 3.05) is 11.9 Å². The molecule has 0 spiro atoms. The first-order valence-corrected chi connectivity index (χ1v) is 5.43. The summed E-state index contributed by atoms with van der Waals surface area (Å²) >= 11 is 0. The van der Waals surface area contributed by atoms with Gasteiger partial charge in [0.1, 0.15) is 0 Å². The molecule has 5 nitrogen and oxygen atoms in total. The third-order valence-electron chi connectivity index (χ3n) is 2.08. The quantitative estimate of drug-likeness (QED) is 0.740. The normalized spacial score (nSPS) is 10.1. The van der Waals surface area contributed by atoms with Crippen LogP contribution in [-0.2, 0) is 0 Å². The molecule has 0 atom stereocenters. The van der Waals surface area contributed by atoms with E-state index in [0.717, 1.165) is 0 Å². The molecule has 1 aromatic carbocycles. The maximum atomic E-state index is 11.5. The fraction of sp³-hybridized carbons (Fsp3) is 0.333. The van der Waals surface area contributed by atoms with Crippen molar-refractivity contribution < 1.29 is 9.59 Å². The van der Waals surface area contributed by atoms with E-state index in [0.29, 0.717) is 23.7 Å². The predicted molar refractivity (Wildman–Crippen MR) is 66.8 cm³/mol. The zero-order valence-electron chi connectivity index (χ0n) is 9.99. The number of urea groups is 1.